The summed E-state index contributed by atoms with van der Waals surface area (Å²) in [4.78, 5) is 25.8. The van der Waals surface area contributed by atoms with Crippen LogP contribution in [0.4, 0.5) is 0 Å². The first-order valence-electron chi connectivity index (χ1n) is 9.62. The summed E-state index contributed by atoms with van der Waals surface area (Å²) in [5.74, 6) is 0.916. The Morgan fingerprint density at radius 2 is 1.93 bits per heavy atom. The molecule has 0 radical (unpaired) electrons. The van der Waals surface area contributed by atoms with Crippen molar-refractivity contribution in [1.29, 1.82) is 0 Å². The highest BCUT2D eigenvalue weighted by molar-refractivity contribution is 6.07. The Morgan fingerprint density at radius 3 is 2.57 bits per heavy atom. The first-order valence-corrected chi connectivity index (χ1v) is 9.62. The lowest BCUT2D eigenvalue weighted by Gasteiger charge is -2.15. The number of furan rings is 1. The molecule has 3 aromatic rings. The van der Waals surface area contributed by atoms with E-state index in [1.54, 1.807) is 23.8 Å². The number of hydrogen-bond acceptors (Lipinski definition) is 4. The number of carbonyl (C=O) groups is 1. The van der Waals surface area contributed by atoms with E-state index in [2.05, 4.69) is 5.32 Å². The van der Waals surface area contributed by atoms with Crippen molar-refractivity contribution >= 4 is 16.9 Å². The molecule has 0 bridgehead atoms. The maximum atomic E-state index is 13.0. The average molecular weight is 382 g/mol. The van der Waals surface area contributed by atoms with Gasteiger partial charge in [0.25, 0.3) is 11.5 Å². The maximum Gasteiger partial charge on any atom is 0.262 e. The minimum atomic E-state index is -0.316. The standard InChI is InChI=1S/C22H26N2O4/c1-5-12-24-13-11-18-20(22(24)26)19(15(4)28-18)21(25)23-14(3)16-7-9-17(10-8-16)27-6-2/h7-11,13-14H,5-6,12H2,1-4H3,(H,23,25)/t14-/m1/s1. The molecule has 0 fully saturated rings. The first kappa shape index (κ1) is 19.7. The normalized spacial score (nSPS) is 12.1. The van der Waals surface area contributed by atoms with Crippen LogP contribution in [-0.4, -0.2) is 17.1 Å². The topological polar surface area (TPSA) is 73.5 Å². The molecule has 0 aliphatic carbocycles. The van der Waals surface area contributed by atoms with Gasteiger partial charge in [-0.25, -0.2) is 0 Å². The van der Waals surface area contributed by atoms with Crippen molar-refractivity contribution in [3.05, 3.63) is 63.8 Å². The van der Waals surface area contributed by atoms with Gasteiger partial charge in [-0.1, -0.05) is 19.1 Å². The van der Waals surface area contributed by atoms with Gasteiger partial charge in [-0.15, -0.1) is 0 Å². The van der Waals surface area contributed by atoms with Crippen molar-refractivity contribution in [3.63, 3.8) is 0 Å². The Morgan fingerprint density at radius 1 is 1.21 bits per heavy atom. The third-order valence-electron chi connectivity index (χ3n) is 4.72. The third-order valence-corrected chi connectivity index (χ3v) is 4.72. The summed E-state index contributed by atoms with van der Waals surface area (Å²) < 4.78 is 12.7. The summed E-state index contributed by atoms with van der Waals surface area (Å²) in [6, 6.07) is 9.11. The van der Waals surface area contributed by atoms with Crippen LogP contribution in [0.5, 0.6) is 5.75 Å². The quantitative estimate of drug-likeness (QED) is 0.664. The fourth-order valence-corrected chi connectivity index (χ4v) is 3.33. The predicted octanol–water partition coefficient (Wildman–Crippen LogP) is 4.20. The molecule has 0 aliphatic heterocycles. The molecule has 148 valence electrons. The number of pyridine rings is 1. The predicted molar refractivity (Wildman–Crippen MR) is 109 cm³/mol. The van der Waals surface area contributed by atoms with E-state index in [0.717, 1.165) is 17.7 Å². The number of aromatic nitrogens is 1. The van der Waals surface area contributed by atoms with Crippen LogP contribution in [0.25, 0.3) is 11.0 Å². The molecular weight excluding hydrogens is 356 g/mol. The molecule has 1 atom stereocenters. The molecule has 0 saturated carbocycles. The van der Waals surface area contributed by atoms with Crippen LogP contribution in [0.15, 0.2) is 45.7 Å². The molecule has 0 saturated heterocycles. The zero-order valence-corrected chi connectivity index (χ0v) is 16.7. The number of rotatable bonds is 7. The van der Waals surface area contributed by atoms with Crippen LogP contribution in [0.2, 0.25) is 0 Å². The highest BCUT2D eigenvalue weighted by Crippen LogP contribution is 2.24. The zero-order chi connectivity index (χ0) is 20.3. The number of nitrogens with one attached hydrogen (secondary N) is 1. The number of benzene rings is 1. The fraction of sp³-hybridized carbons (Fsp3) is 0.364. The maximum absolute atomic E-state index is 13.0. The highest BCUT2D eigenvalue weighted by atomic mass is 16.5. The number of amides is 1. The second kappa shape index (κ2) is 8.33. The van der Waals surface area contributed by atoms with Gasteiger partial charge >= 0.3 is 0 Å². The molecule has 6 nitrogen and oxygen atoms in total. The van der Waals surface area contributed by atoms with Crippen molar-refractivity contribution in [2.45, 2.75) is 46.7 Å². The van der Waals surface area contributed by atoms with Crippen molar-refractivity contribution in [2.24, 2.45) is 0 Å². The SMILES string of the molecule is CCCn1ccc2oc(C)c(C(=O)N[C@H](C)c3ccc(OCC)cc3)c2c1=O. The Bertz CT molecular complexity index is 1030. The molecular formula is C22H26N2O4. The number of nitrogens with zero attached hydrogens (tertiary/aromatic N) is 1. The number of fused-ring (bicyclic) bond motifs is 1. The fourth-order valence-electron chi connectivity index (χ4n) is 3.33. The van der Waals surface area contributed by atoms with Crippen LogP contribution in [0.1, 0.15) is 54.9 Å². The zero-order valence-electron chi connectivity index (χ0n) is 16.7. The van der Waals surface area contributed by atoms with E-state index >= 15 is 0 Å². The smallest absolute Gasteiger partial charge is 0.262 e. The Kier molecular flexibility index (Phi) is 5.87. The highest BCUT2D eigenvalue weighted by Gasteiger charge is 2.23. The second-order valence-corrected chi connectivity index (χ2v) is 6.78. The minimum absolute atomic E-state index is 0.199. The van der Waals surface area contributed by atoms with E-state index in [-0.39, 0.29) is 17.5 Å². The van der Waals surface area contributed by atoms with Gasteiger partial charge in [-0.3, -0.25) is 9.59 Å². The summed E-state index contributed by atoms with van der Waals surface area (Å²) in [6.45, 7) is 8.75. The van der Waals surface area contributed by atoms with Gasteiger partial charge in [0.2, 0.25) is 0 Å². The van der Waals surface area contributed by atoms with Gasteiger partial charge in [-0.2, -0.15) is 0 Å². The van der Waals surface area contributed by atoms with Crippen LogP contribution < -0.4 is 15.6 Å². The first-order chi connectivity index (χ1) is 13.5. The monoisotopic (exact) mass is 382 g/mol. The average Bonchev–Trinajstić information content (AvgIpc) is 3.02. The summed E-state index contributed by atoms with van der Waals surface area (Å²) in [5.41, 5.74) is 1.50. The molecule has 2 heterocycles. The van der Waals surface area contributed by atoms with Crippen molar-refractivity contribution in [3.8, 4) is 5.75 Å². The summed E-state index contributed by atoms with van der Waals surface area (Å²) >= 11 is 0. The Balaban J connectivity index is 1.89. The second-order valence-electron chi connectivity index (χ2n) is 6.78. The lowest BCUT2D eigenvalue weighted by atomic mass is 10.1. The molecule has 6 heteroatoms. The summed E-state index contributed by atoms with van der Waals surface area (Å²) in [6.07, 6.45) is 2.54. The summed E-state index contributed by atoms with van der Waals surface area (Å²) in [7, 11) is 0. The van der Waals surface area contributed by atoms with E-state index in [9.17, 15) is 9.59 Å². The Hall–Kier alpha value is -3.02. The number of ether oxygens (including phenoxy) is 1. The molecule has 28 heavy (non-hydrogen) atoms. The lowest BCUT2D eigenvalue weighted by molar-refractivity contribution is 0.0939. The van der Waals surface area contributed by atoms with E-state index < -0.39 is 0 Å². The van der Waals surface area contributed by atoms with Gasteiger partial charge in [0, 0.05) is 12.7 Å². The minimum Gasteiger partial charge on any atom is -0.494 e. The molecule has 0 unspecified atom stereocenters. The third kappa shape index (κ3) is 3.81. The molecule has 3 rings (SSSR count). The van der Waals surface area contributed by atoms with E-state index in [4.69, 9.17) is 9.15 Å². The largest absolute Gasteiger partial charge is 0.494 e. The van der Waals surface area contributed by atoms with Gasteiger partial charge in [0.15, 0.2) is 0 Å². The molecule has 1 amide bonds. The molecule has 2 aromatic heterocycles. The molecule has 0 spiro atoms. The van der Waals surface area contributed by atoms with Crippen molar-refractivity contribution < 1.29 is 13.9 Å². The lowest BCUT2D eigenvalue weighted by Crippen LogP contribution is -2.28. The van der Waals surface area contributed by atoms with Gasteiger partial charge in [0.1, 0.15) is 17.1 Å². The molecule has 0 aliphatic rings. The van der Waals surface area contributed by atoms with Crippen molar-refractivity contribution in [1.82, 2.24) is 9.88 Å². The van der Waals surface area contributed by atoms with Crippen LogP contribution in [0, 0.1) is 6.92 Å². The van der Waals surface area contributed by atoms with Crippen molar-refractivity contribution in [2.75, 3.05) is 6.61 Å². The Labute approximate surface area is 164 Å². The molecule has 1 N–H and O–H groups in total. The van der Waals surface area contributed by atoms with Gasteiger partial charge in [0.05, 0.1) is 23.6 Å². The van der Waals surface area contributed by atoms with Gasteiger partial charge < -0.3 is 19.0 Å². The van der Waals surface area contributed by atoms with E-state index in [0.29, 0.717) is 35.4 Å². The van der Waals surface area contributed by atoms with Gasteiger partial charge in [-0.05, 0) is 51.0 Å². The van der Waals surface area contributed by atoms with E-state index in [1.807, 2.05) is 45.0 Å². The van der Waals surface area contributed by atoms with Crippen LogP contribution in [-0.2, 0) is 6.54 Å². The molecule has 1 aromatic carbocycles. The van der Waals surface area contributed by atoms with E-state index in [1.165, 1.54) is 0 Å². The number of hydrogen-bond donors (Lipinski definition) is 1. The number of aryl methyl sites for hydroxylation is 2. The number of carbonyl (C=O) groups excluding carboxylic acids is 1. The van der Waals surface area contributed by atoms with Crippen LogP contribution in [0.3, 0.4) is 0 Å². The van der Waals surface area contributed by atoms with Crippen LogP contribution >= 0.6 is 0 Å². The summed E-state index contributed by atoms with van der Waals surface area (Å²) in [5, 5.41) is 3.31.